The monoisotopic (exact) mass is 203 g/mol. The summed E-state index contributed by atoms with van der Waals surface area (Å²) < 4.78 is 0. The van der Waals surface area contributed by atoms with Crippen LogP contribution in [0.25, 0.3) is 0 Å². The summed E-state index contributed by atoms with van der Waals surface area (Å²) in [5.74, 6) is 2.46. The quantitative estimate of drug-likeness (QED) is 0.729. The van der Waals surface area contributed by atoms with Crippen molar-refractivity contribution in [1.82, 2.24) is 5.32 Å². The molecule has 3 heteroatoms. The Kier molecular flexibility index (Phi) is 4.07. The van der Waals surface area contributed by atoms with Gasteiger partial charge in [0, 0.05) is 18.3 Å². The smallest absolute Gasteiger partial charge is 0.0636 e. The van der Waals surface area contributed by atoms with Gasteiger partial charge >= 0.3 is 0 Å². The van der Waals surface area contributed by atoms with E-state index in [0.29, 0.717) is 18.0 Å². The number of hydrogen-bond acceptors (Lipinski definition) is 3. The van der Waals surface area contributed by atoms with Gasteiger partial charge in [0.15, 0.2) is 0 Å². The second-order valence-corrected chi connectivity index (χ2v) is 5.77. The number of rotatable bonds is 3. The number of aliphatic hydroxyl groups excluding tert-OH is 1. The maximum absolute atomic E-state index is 9.18. The van der Waals surface area contributed by atoms with Crippen LogP contribution in [0.1, 0.15) is 27.2 Å². The molecule has 0 spiro atoms. The molecule has 2 unspecified atom stereocenters. The Morgan fingerprint density at radius 1 is 1.62 bits per heavy atom. The third-order valence-electron chi connectivity index (χ3n) is 2.78. The van der Waals surface area contributed by atoms with E-state index in [4.69, 9.17) is 0 Å². The van der Waals surface area contributed by atoms with Gasteiger partial charge in [-0.2, -0.15) is 11.8 Å². The first-order chi connectivity index (χ1) is 6.02. The highest BCUT2D eigenvalue weighted by atomic mass is 32.2. The summed E-state index contributed by atoms with van der Waals surface area (Å²) in [4.78, 5) is 0. The fraction of sp³-hybridized carbons (Fsp3) is 1.00. The molecular weight excluding hydrogens is 182 g/mol. The fourth-order valence-electron chi connectivity index (χ4n) is 1.58. The molecule has 1 rings (SSSR count). The van der Waals surface area contributed by atoms with Crippen LogP contribution in [-0.2, 0) is 0 Å². The third kappa shape index (κ3) is 3.49. The Balaban J connectivity index is 2.37. The van der Waals surface area contributed by atoms with Crippen LogP contribution in [0.3, 0.4) is 0 Å². The number of hydrogen-bond donors (Lipinski definition) is 2. The highest BCUT2D eigenvalue weighted by Gasteiger charge is 2.32. The Bertz CT molecular complexity index is 159. The van der Waals surface area contributed by atoms with Crippen molar-refractivity contribution in [2.24, 2.45) is 5.41 Å². The van der Waals surface area contributed by atoms with E-state index in [-0.39, 0.29) is 6.10 Å². The zero-order valence-electron chi connectivity index (χ0n) is 8.84. The molecule has 0 aromatic rings. The lowest BCUT2D eigenvalue weighted by molar-refractivity contribution is 0.166. The van der Waals surface area contributed by atoms with Crippen molar-refractivity contribution in [3.63, 3.8) is 0 Å². The molecule has 1 fully saturated rings. The zero-order chi connectivity index (χ0) is 9.90. The van der Waals surface area contributed by atoms with Crippen molar-refractivity contribution in [2.45, 2.75) is 39.3 Å². The Morgan fingerprint density at radius 3 is 2.85 bits per heavy atom. The molecule has 0 aliphatic carbocycles. The SMILES string of the molecule is CC(O)CNC1CSCCC1(C)C. The molecule has 1 aliphatic heterocycles. The highest BCUT2D eigenvalue weighted by Crippen LogP contribution is 2.33. The molecule has 2 atom stereocenters. The van der Waals surface area contributed by atoms with E-state index in [2.05, 4.69) is 19.2 Å². The predicted molar refractivity (Wildman–Crippen MR) is 59.2 cm³/mol. The Labute approximate surface area is 85.5 Å². The molecule has 1 heterocycles. The number of nitrogens with one attached hydrogen (secondary N) is 1. The minimum Gasteiger partial charge on any atom is -0.392 e. The zero-order valence-corrected chi connectivity index (χ0v) is 9.66. The van der Waals surface area contributed by atoms with Gasteiger partial charge in [-0.05, 0) is 24.5 Å². The van der Waals surface area contributed by atoms with Crippen LogP contribution >= 0.6 is 11.8 Å². The minimum atomic E-state index is -0.234. The molecule has 2 nitrogen and oxygen atoms in total. The lowest BCUT2D eigenvalue weighted by atomic mass is 9.82. The van der Waals surface area contributed by atoms with Crippen LogP contribution in [0, 0.1) is 5.41 Å². The average molecular weight is 203 g/mol. The molecule has 0 aromatic carbocycles. The second-order valence-electron chi connectivity index (χ2n) is 4.62. The summed E-state index contributed by atoms with van der Waals surface area (Å²) in [7, 11) is 0. The summed E-state index contributed by atoms with van der Waals surface area (Å²) in [6, 6.07) is 0.556. The van der Waals surface area contributed by atoms with Gasteiger partial charge in [0.25, 0.3) is 0 Å². The molecule has 0 saturated carbocycles. The van der Waals surface area contributed by atoms with Gasteiger partial charge in [-0.1, -0.05) is 13.8 Å². The molecule has 2 N–H and O–H groups in total. The number of aliphatic hydroxyl groups is 1. The van der Waals surface area contributed by atoms with E-state index in [9.17, 15) is 5.11 Å². The second kappa shape index (κ2) is 4.67. The fourth-order valence-corrected chi connectivity index (χ4v) is 3.23. The van der Waals surface area contributed by atoms with E-state index < -0.39 is 0 Å². The predicted octanol–water partition coefficient (Wildman–Crippen LogP) is 1.49. The van der Waals surface area contributed by atoms with Crippen LogP contribution in [0.5, 0.6) is 0 Å². The van der Waals surface area contributed by atoms with Crippen LogP contribution in [0.2, 0.25) is 0 Å². The molecule has 78 valence electrons. The molecule has 1 aliphatic rings. The van der Waals surface area contributed by atoms with Crippen LogP contribution in [-0.4, -0.2) is 35.3 Å². The average Bonchev–Trinajstić information content (AvgIpc) is 2.01. The maximum atomic E-state index is 9.18. The van der Waals surface area contributed by atoms with Gasteiger partial charge in [0.2, 0.25) is 0 Å². The van der Waals surface area contributed by atoms with E-state index >= 15 is 0 Å². The largest absolute Gasteiger partial charge is 0.392 e. The van der Waals surface area contributed by atoms with E-state index in [0.717, 1.165) is 0 Å². The molecule has 0 radical (unpaired) electrons. The molecule has 0 bridgehead atoms. The van der Waals surface area contributed by atoms with Gasteiger partial charge in [0.1, 0.15) is 0 Å². The van der Waals surface area contributed by atoms with Crippen molar-refractivity contribution in [1.29, 1.82) is 0 Å². The maximum Gasteiger partial charge on any atom is 0.0636 e. The molecule has 1 saturated heterocycles. The molecule has 13 heavy (non-hydrogen) atoms. The Hall–Kier alpha value is 0.270. The van der Waals surface area contributed by atoms with Gasteiger partial charge in [0.05, 0.1) is 6.10 Å². The lowest BCUT2D eigenvalue weighted by Gasteiger charge is -2.39. The first kappa shape index (κ1) is 11.3. The van der Waals surface area contributed by atoms with Crippen molar-refractivity contribution in [3.8, 4) is 0 Å². The van der Waals surface area contributed by atoms with Crippen molar-refractivity contribution in [2.75, 3.05) is 18.1 Å². The van der Waals surface area contributed by atoms with Gasteiger partial charge in [-0.15, -0.1) is 0 Å². The summed E-state index contributed by atoms with van der Waals surface area (Å²) in [5.41, 5.74) is 0.389. The summed E-state index contributed by atoms with van der Waals surface area (Å²) in [6.07, 6.45) is 1.04. The van der Waals surface area contributed by atoms with Gasteiger partial charge < -0.3 is 10.4 Å². The highest BCUT2D eigenvalue weighted by molar-refractivity contribution is 7.99. The first-order valence-corrected chi connectivity index (χ1v) is 6.17. The van der Waals surface area contributed by atoms with Crippen molar-refractivity contribution >= 4 is 11.8 Å². The summed E-state index contributed by atoms with van der Waals surface area (Å²) in [6.45, 7) is 7.17. The topological polar surface area (TPSA) is 32.3 Å². The Morgan fingerprint density at radius 2 is 2.31 bits per heavy atom. The van der Waals surface area contributed by atoms with Crippen LogP contribution < -0.4 is 5.32 Å². The van der Waals surface area contributed by atoms with Crippen molar-refractivity contribution in [3.05, 3.63) is 0 Å². The standard InChI is InChI=1S/C10H21NOS/c1-8(12)6-11-9-7-13-5-4-10(9,2)3/h8-9,11-12H,4-7H2,1-3H3. The normalized spacial score (nSPS) is 30.0. The first-order valence-electron chi connectivity index (χ1n) is 5.01. The lowest BCUT2D eigenvalue weighted by Crippen LogP contribution is -2.48. The number of thioether (sulfide) groups is 1. The van der Waals surface area contributed by atoms with Gasteiger partial charge in [-0.3, -0.25) is 0 Å². The van der Waals surface area contributed by atoms with E-state index in [1.54, 1.807) is 0 Å². The third-order valence-corrected chi connectivity index (χ3v) is 3.84. The molecular formula is C10H21NOS. The summed E-state index contributed by atoms with van der Waals surface area (Å²) >= 11 is 2.01. The van der Waals surface area contributed by atoms with Gasteiger partial charge in [-0.25, -0.2) is 0 Å². The van der Waals surface area contributed by atoms with E-state index in [1.165, 1.54) is 17.9 Å². The van der Waals surface area contributed by atoms with Crippen molar-refractivity contribution < 1.29 is 5.11 Å². The van der Waals surface area contributed by atoms with E-state index in [1.807, 2.05) is 18.7 Å². The molecule has 0 amide bonds. The van der Waals surface area contributed by atoms with Crippen LogP contribution in [0.4, 0.5) is 0 Å². The van der Waals surface area contributed by atoms with Crippen LogP contribution in [0.15, 0.2) is 0 Å². The summed E-state index contributed by atoms with van der Waals surface area (Å²) in [5, 5.41) is 12.6. The minimum absolute atomic E-state index is 0.234. The molecule has 0 aromatic heterocycles.